The van der Waals surface area contributed by atoms with Crippen LogP contribution in [-0.4, -0.2) is 47.1 Å². The SMILES string of the molecule is CNC(=O)c1nc(Nc2ccc3c(F)c[nH]c3c2)cc(N2CCC(Oc3ccccc3)CC2)n1. The highest BCUT2D eigenvalue weighted by atomic mass is 19.1. The summed E-state index contributed by atoms with van der Waals surface area (Å²) >= 11 is 0. The molecule has 5 rings (SSSR count). The average Bonchev–Trinajstić information content (AvgIpc) is 3.24. The van der Waals surface area contributed by atoms with Crippen LogP contribution in [0.3, 0.4) is 0 Å². The van der Waals surface area contributed by atoms with Crippen molar-refractivity contribution in [3.05, 3.63) is 72.4 Å². The molecule has 3 heterocycles. The third-order valence-corrected chi connectivity index (χ3v) is 5.86. The third kappa shape index (κ3) is 4.63. The van der Waals surface area contributed by atoms with E-state index >= 15 is 0 Å². The van der Waals surface area contributed by atoms with Gasteiger partial charge in [0, 0.05) is 56.3 Å². The van der Waals surface area contributed by atoms with E-state index in [1.165, 1.54) is 6.20 Å². The lowest BCUT2D eigenvalue weighted by molar-refractivity contribution is 0.0952. The first-order chi connectivity index (χ1) is 16.6. The zero-order valence-electron chi connectivity index (χ0n) is 18.7. The molecular weight excluding hydrogens is 435 g/mol. The van der Waals surface area contributed by atoms with E-state index in [4.69, 9.17) is 4.74 Å². The van der Waals surface area contributed by atoms with Crippen molar-refractivity contribution in [1.82, 2.24) is 20.3 Å². The van der Waals surface area contributed by atoms with E-state index < -0.39 is 0 Å². The van der Waals surface area contributed by atoms with Gasteiger partial charge in [0.1, 0.15) is 29.3 Å². The predicted octanol–water partition coefficient (Wildman–Crippen LogP) is 4.25. The van der Waals surface area contributed by atoms with Crippen LogP contribution in [0, 0.1) is 5.82 Å². The van der Waals surface area contributed by atoms with Gasteiger partial charge in [0.15, 0.2) is 0 Å². The van der Waals surface area contributed by atoms with Crippen LogP contribution >= 0.6 is 0 Å². The van der Waals surface area contributed by atoms with Crippen LogP contribution in [0.4, 0.5) is 21.7 Å². The number of ether oxygens (including phenoxy) is 1. The van der Waals surface area contributed by atoms with Crippen LogP contribution in [0.2, 0.25) is 0 Å². The molecule has 174 valence electrons. The first-order valence-electron chi connectivity index (χ1n) is 11.2. The number of benzene rings is 2. The highest BCUT2D eigenvalue weighted by Gasteiger charge is 2.23. The molecule has 4 aromatic rings. The number of piperidine rings is 1. The van der Waals surface area contributed by atoms with Crippen LogP contribution < -0.4 is 20.3 Å². The Morgan fingerprint density at radius 1 is 1.12 bits per heavy atom. The molecule has 1 saturated heterocycles. The number of rotatable bonds is 6. The summed E-state index contributed by atoms with van der Waals surface area (Å²) in [6.07, 6.45) is 3.13. The fraction of sp³-hybridized carbons (Fsp3) is 0.240. The van der Waals surface area contributed by atoms with E-state index in [9.17, 15) is 9.18 Å². The second-order valence-electron chi connectivity index (χ2n) is 8.15. The van der Waals surface area contributed by atoms with Crippen LogP contribution in [0.5, 0.6) is 5.75 Å². The third-order valence-electron chi connectivity index (χ3n) is 5.86. The van der Waals surface area contributed by atoms with Gasteiger partial charge in [0.05, 0.1) is 5.52 Å². The maximum Gasteiger partial charge on any atom is 0.288 e. The number of anilines is 3. The number of nitrogens with one attached hydrogen (secondary N) is 3. The van der Waals surface area contributed by atoms with Gasteiger partial charge in [-0.15, -0.1) is 0 Å². The lowest BCUT2D eigenvalue weighted by Gasteiger charge is -2.33. The quantitative estimate of drug-likeness (QED) is 0.398. The molecular formula is C25H25FN6O2. The number of hydrogen-bond acceptors (Lipinski definition) is 6. The van der Waals surface area contributed by atoms with Crippen molar-refractivity contribution in [1.29, 1.82) is 0 Å². The Labute approximate surface area is 196 Å². The first-order valence-corrected chi connectivity index (χ1v) is 11.2. The summed E-state index contributed by atoms with van der Waals surface area (Å²) in [5.41, 5.74) is 1.39. The smallest absolute Gasteiger partial charge is 0.288 e. The summed E-state index contributed by atoms with van der Waals surface area (Å²) in [7, 11) is 1.55. The normalized spacial score (nSPS) is 14.2. The monoisotopic (exact) mass is 460 g/mol. The number of carbonyl (C=O) groups is 1. The number of aromatic nitrogens is 3. The van der Waals surface area contributed by atoms with Gasteiger partial charge in [0.25, 0.3) is 5.91 Å². The topological polar surface area (TPSA) is 95.2 Å². The zero-order chi connectivity index (χ0) is 23.5. The molecule has 1 aliphatic rings. The largest absolute Gasteiger partial charge is 0.490 e. The molecule has 34 heavy (non-hydrogen) atoms. The van der Waals surface area contributed by atoms with Gasteiger partial charge in [-0.2, -0.15) is 0 Å². The Bertz CT molecular complexity index is 1300. The van der Waals surface area contributed by atoms with Crippen molar-refractivity contribution in [3.63, 3.8) is 0 Å². The molecule has 1 aliphatic heterocycles. The van der Waals surface area contributed by atoms with Crippen molar-refractivity contribution in [3.8, 4) is 5.75 Å². The molecule has 0 bridgehead atoms. The molecule has 0 saturated carbocycles. The Morgan fingerprint density at radius 2 is 1.91 bits per heavy atom. The van der Waals surface area contributed by atoms with Crippen LogP contribution in [0.15, 0.2) is 60.8 Å². The second kappa shape index (κ2) is 9.38. The maximum atomic E-state index is 13.8. The molecule has 2 aromatic heterocycles. The number of H-pyrrole nitrogens is 1. The molecule has 0 spiro atoms. The van der Waals surface area contributed by atoms with E-state index in [0.29, 0.717) is 22.5 Å². The van der Waals surface area contributed by atoms with E-state index in [1.54, 1.807) is 25.2 Å². The van der Waals surface area contributed by atoms with Gasteiger partial charge in [-0.05, 0) is 30.3 Å². The Balaban J connectivity index is 1.34. The molecule has 1 fully saturated rings. The van der Waals surface area contributed by atoms with Gasteiger partial charge in [-0.3, -0.25) is 4.79 Å². The lowest BCUT2D eigenvalue weighted by atomic mass is 10.1. The number of carbonyl (C=O) groups excluding carboxylic acids is 1. The molecule has 2 aromatic carbocycles. The Morgan fingerprint density at radius 3 is 2.68 bits per heavy atom. The zero-order valence-corrected chi connectivity index (χ0v) is 18.7. The number of para-hydroxylation sites is 1. The van der Waals surface area contributed by atoms with Gasteiger partial charge in [0.2, 0.25) is 5.82 Å². The number of halogens is 1. The number of fused-ring (bicyclic) bond motifs is 1. The van der Waals surface area contributed by atoms with Gasteiger partial charge in [-0.1, -0.05) is 18.2 Å². The predicted molar refractivity (Wildman–Crippen MR) is 129 cm³/mol. The summed E-state index contributed by atoms with van der Waals surface area (Å²) in [5.74, 6) is 1.44. The molecule has 3 N–H and O–H groups in total. The van der Waals surface area contributed by atoms with Gasteiger partial charge >= 0.3 is 0 Å². The van der Waals surface area contributed by atoms with Crippen LogP contribution in [0.1, 0.15) is 23.5 Å². The minimum Gasteiger partial charge on any atom is -0.490 e. The Hall–Kier alpha value is -4.14. The van der Waals surface area contributed by atoms with Crippen LogP contribution in [-0.2, 0) is 0 Å². The fourth-order valence-electron chi connectivity index (χ4n) is 4.08. The number of nitrogens with zero attached hydrogens (tertiary/aromatic N) is 3. The maximum absolute atomic E-state index is 13.8. The number of aromatic amines is 1. The minimum atomic E-state index is -0.367. The molecule has 0 atom stereocenters. The molecule has 0 aliphatic carbocycles. The van der Waals surface area contributed by atoms with E-state index in [2.05, 4.69) is 30.5 Å². The average molecular weight is 461 g/mol. The van der Waals surface area contributed by atoms with Crippen molar-refractivity contribution >= 4 is 34.1 Å². The van der Waals surface area contributed by atoms with Crippen molar-refractivity contribution in [2.75, 3.05) is 30.4 Å². The number of hydrogen-bond donors (Lipinski definition) is 3. The van der Waals surface area contributed by atoms with E-state index in [-0.39, 0.29) is 23.7 Å². The van der Waals surface area contributed by atoms with E-state index in [1.807, 2.05) is 36.4 Å². The highest BCUT2D eigenvalue weighted by Crippen LogP contribution is 2.27. The summed E-state index contributed by atoms with van der Waals surface area (Å²) < 4.78 is 19.9. The standard InChI is InChI=1S/C25H25FN6O2/c1-27-25(33)24-30-22(29-16-7-8-19-20(26)15-28-21(19)13-16)14-23(31-24)32-11-9-18(10-12-32)34-17-5-3-2-4-6-17/h2-8,13-15,18,28H,9-12H2,1H3,(H,27,33)(H,29,30,31). The number of amides is 1. The summed E-state index contributed by atoms with van der Waals surface area (Å²) in [6, 6.07) is 16.9. The van der Waals surface area contributed by atoms with Crippen LogP contribution in [0.25, 0.3) is 10.9 Å². The highest BCUT2D eigenvalue weighted by molar-refractivity contribution is 5.91. The lowest BCUT2D eigenvalue weighted by Crippen LogP contribution is -2.39. The van der Waals surface area contributed by atoms with Crippen molar-refractivity contribution in [2.45, 2.75) is 18.9 Å². The molecule has 1 amide bonds. The van der Waals surface area contributed by atoms with E-state index in [0.717, 1.165) is 37.4 Å². The van der Waals surface area contributed by atoms with Gasteiger partial charge < -0.3 is 25.3 Å². The minimum absolute atomic E-state index is 0.0807. The second-order valence-corrected chi connectivity index (χ2v) is 8.15. The van der Waals surface area contributed by atoms with Gasteiger partial charge in [-0.25, -0.2) is 14.4 Å². The van der Waals surface area contributed by atoms with Crippen molar-refractivity contribution in [2.24, 2.45) is 0 Å². The van der Waals surface area contributed by atoms with Crippen molar-refractivity contribution < 1.29 is 13.9 Å². The molecule has 0 radical (unpaired) electrons. The summed E-state index contributed by atoms with van der Waals surface area (Å²) in [5, 5.41) is 6.32. The fourth-order valence-corrected chi connectivity index (χ4v) is 4.08. The molecule has 9 heteroatoms. The Kier molecular flexibility index (Phi) is 5.99. The summed E-state index contributed by atoms with van der Waals surface area (Å²) in [6.45, 7) is 1.49. The summed E-state index contributed by atoms with van der Waals surface area (Å²) in [4.78, 5) is 26.3. The first kappa shape index (κ1) is 21.7. The molecule has 8 nitrogen and oxygen atoms in total. The molecule has 0 unspecified atom stereocenters.